The maximum absolute atomic E-state index is 13.2. The molecule has 0 aromatic heterocycles. The van der Waals surface area contributed by atoms with E-state index in [-0.39, 0.29) is 24.9 Å². The van der Waals surface area contributed by atoms with Crippen molar-refractivity contribution in [3.8, 4) is 5.75 Å². The molecule has 2 aromatic carbocycles. The van der Waals surface area contributed by atoms with Crippen LogP contribution in [0.15, 0.2) is 48.5 Å². The maximum atomic E-state index is 13.2. The average molecular weight is 360 g/mol. The van der Waals surface area contributed by atoms with Crippen LogP contribution in [-0.4, -0.2) is 38.6 Å². The van der Waals surface area contributed by atoms with Gasteiger partial charge in [-0.05, 0) is 49.4 Å². The third-order valence-electron chi connectivity index (χ3n) is 3.80. The third kappa shape index (κ3) is 6.18. The summed E-state index contributed by atoms with van der Waals surface area (Å²) in [5.41, 5.74) is 1.06. The number of carbonyl (C=O) groups is 2. The Hall–Kier alpha value is -2.93. The van der Waals surface area contributed by atoms with Crippen molar-refractivity contribution in [1.29, 1.82) is 0 Å². The van der Waals surface area contributed by atoms with Crippen molar-refractivity contribution in [1.82, 2.24) is 0 Å². The minimum atomic E-state index is -0.415. The van der Waals surface area contributed by atoms with E-state index < -0.39 is 5.82 Å². The number of benzene rings is 2. The first-order chi connectivity index (χ1) is 12.5. The first-order valence-corrected chi connectivity index (χ1v) is 8.33. The predicted octanol–water partition coefficient (Wildman–Crippen LogP) is 1.32. The summed E-state index contributed by atoms with van der Waals surface area (Å²) >= 11 is 0. The van der Waals surface area contributed by atoms with Gasteiger partial charge in [-0.25, -0.2) is 4.39 Å². The molecular weight excluding hydrogens is 337 g/mol. The molecule has 0 radical (unpaired) electrons. The molecule has 138 valence electrons. The zero-order valence-corrected chi connectivity index (χ0v) is 14.8. The van der Waals surface area contributed by atoms with Crippen LogP contribution in [0, 0.1) is 5.82 Å². The fourth-order valence-corrected chi connectivity index (χ4v) is 2.42. The average Bonchev–Trinajstić information content (AvgIpc) is 2.61. The molecule has 0 heterocycles. The number of carbonyl (C=O) groups excluding carboxylic acids is 2. The SMILES string of the molecule is CC[NH+](CC(=O)Nc1ccc(OC)cc1)CC(=O)Nc1cccc(F)c1. The minimum absolute atomic E-state index is 0.114. The molecule has 0 spiro atoms. The highest BCUT2D eigenvalue weighted by Gasteiger charge is 2.17. The van der Waals surface area contributed by atoms with Gasteiger partial charge in [0.2, 0.25) is 0 Å². The molecule has 2 rings (SSSR count). The quantitative estimate of drug-likeness (QED) is 0.665. The van der Waals surface area contributed by atoms with Crippen LogP contribution in [0.3, 0.4) is 0 Å². The second-order valence-electron chi connectivity index (χ2n) is 5.79. The predicted molar refractivity (Wildman–Crippen MR) is 97.9 cm³/mol. The van der Waals surface area contributed by atoms with Crippen LogP contribution in [0.1, 0.15) is 6.92 Å². The van der Waals surface area contributed by atoms with Gasteiger partial charge >= 0.3 is 0 Å². The lowest BCUT2D eigenvalue weighted by molar-refractivity contribution is -0.881. The number of quaternary nitrogens is 1. The molecule has 0 bridgehead atoms. The number of ether oxygens (including phenoxy) is 1. The Labute approximate surface area is 152 Å². The standard InChI is InChI=1S/C19H22FN3O3/c1-3-23(13-19(25)22-16-6-4-5-14(20)11-16)12-18(24)21-15-7-9-17(26-2)10-8-15/h4-11H,3,12-13H2,1-2H3,(H,21,24)(H,22,25)/p+1. The molecule has 6 nitrogen and oxygen atoms in total. The lowest BCUT2D eigenvalue weighted by Crippen LogP contribution is -3.13. The van der Waals surface area contributed by atoms with E-state index in [1.165, 1.54) is 18.2 Å². The first kappa shape index (κ1) is 19.4. The lowest BCUT2D eigenvalue weighted by Gasteiger charge is -2.17. The van der Waals surface area contributed by atoms with Gasteiger partial charge in [-0.2, -0.15) is 0 Å². The van der Waals surface area contributed by atoms with E-state index >= 15 is 0 Å². The molecule has 0 fully saturated rings. The largest absolute Gasteiger partial charge is 0.497 e. The Morgan fingerprint density at radius 2 is 1.62 bits per heavy atom. The summed E-state index contributed by atoms with van der Waals surface area (Å²) in [6.07, 6.45) is 0. The molecule has 0 aliphatic rings. The van der Waals surface area contributed by atoms with E-state index in [9.17, 15) is 14.0 Å². The molecule has 3 N–H and O–H groups in total. The highest BCUT2D eigenvalue weighted by atomic mass is 19.1. The normalized spacial score (nSPS) is 11.5. The van der Waals surface area contributed by atoms with Crippen LogP contribution < -0.4 is 20.3 Å². The Kier molecular flexibility index (Phi) is 7.11. The molecule has 7 heteroatoms. The maximum Gasteiger partial charge on any atom is 0.279 e. The molecule has 26 heavy (non-hydrogen) atoms. The van der Waals surface area contributed by atoms with Gasteiger partial charge in [0.25, 0.3) is 11.8 Å². The fourth-order valence-electron chi connectivity index (χ4n) is 2.42. The van der Waals surface area contributed by atoms with Crippen molar-refractivity contribution in [2.45, 2.75) is 6.92 Å². The van der Waals surface area contributed by atoms with Crippen molar-refractivity contribution in [2.75, 3.05) is 37.4 Å². The molecule has 0 aliphatic heterocycles. The Bertz CT molecular complexity index is 750. The molecule has 2 aromatic rings. The fraction of sp³-hybridized carbons (Fsp3) is 0.263. The van der Waals surface area contributed by atoms with Crippen LogP contribution in [0.5, 0.6) is 5.75 Å². The Balaban J connectivity index is 1.85. The zero-order valence-electron chi connectivity index (χ0n) is 14.8. The molecular formula is C19H23FN3O3+. The van der Waals surface area contributed by atoms with Crippen LogP contribution in [0.25, 0.3) is 0 Å². The van der Waals surface area contributed by atoms with E-state index in [2.05, 4.69) is 10.6 Å². The van der Waals surface area contributed by atoms with Gasteiger partial charge in [-0.1, -0.05) is 6.07 Å². The lowest BCUT2D eigenvalue weighted by atomic mass is 10.3. The summed E-state index contributed by atoms with van der Waals surface area (Å²) in [4.78, 5) is 25.1. The van der Waals surface area contributed by atoms with Gasteiger partial charge in [0.05, 0.1) is 13.7 Å². The second kappa shape index (κ2) is 9.53. The van der Waals surface area contributed by atoms with Gasteiger partial charge < -0.3 is 20.3 Å². The van der Waals surface area contributed by atoms with E-state index in [1.54, 1.807) is 37.4 Å². The third-order valence-corrected chi connectivity index (χ3v) is 3.80. The number of amides is 2. The number of anilines is 2. The summed E-state index contributed by atoms with van der Waals surface area (Å²) in [5.74, 6) is -0.172. The number of hydrogen-bond donors (Lipinski definition) is 3. The van der Waals surface area contributed by atoms with Gasteiger partial charge in [-0.15, -0.1) is 0 Å². The van der Waals surface area contributed by atoms with Crippen LogP contribution in [-0.2, 0) is 9.59 Å². The highest BCUT2D eigenvalue weighted by Crippen LogP contribution is 2.14. The molecule has 2 amide bonds. The monoisotopic (exact) mass is 360 g/mol. The smallest absolute Gasteiger partial charge is 0.279 e. The van der Waals surface area contributed by atoms with Crippen LogP contribution in [0.4, 0.5) is 15.8 Å². The van der Waals surface area contributed by atoms with Gasteiger partial charge in [0.1, 0.15) is 11.6 Å². The number of rotatable bonds is 8. The number of methoxy groups -OCH3 is 1. The van der Waals surface area contributed by atoms with Crippen LogP contribution >= 0.6 is 0 Å². The number of hydrogen-bond acceptors (Lipinski definition) is 3. The van der Waals surface area contributed by atoms with Crippen molar-refractivity contribution in [3.63, 3.8) is 0 Å². The van der Waals surface area contributed by atoms with E-state index in [1.807, 2.05) is 6.92 Å². The number of nitrogens with one attached hydrogen (secondary N) is 3. The summed E-state index contributed by atoms with van der Waals surface area (Å²) < 4.78 is 18.2. The molecule has 1 unspecified atom stereocenters. The van der Waals surface area contributed by atoms with Crippen molar-refractivity contribution in [2.24, 2.45) is 0 Å². The molecule has 0 saturated heterocycles. The summed E-state index contributed by atoms with van der Waals surface area (Å²) in [6.45, 7) is 2.76. The number of likely N-dealkylation sites (N-methyl/N-ethyl adjacent to an activating group) is 1. The zero-order chi connectivity index (χ0) is 18.9. The second-order valence-corrected chi connectivity index (χ2v) is 5.79. The van der Waals surface area contributed by atoms with Gasteiger partial charge in [0, 0.05) is 11.4 Å². The van der Waals surface area contributed by atoms with Crippen molar-refractivity contribution in [3.05, 3.63) is 54.3 Å². The van der Waals surface area contributed by atoms with E-state index in [0.29, 0.717) is 23.7 Å². The molecule has 0 aliphatic carbocycles. The van der Waals surface area contributed by atoms with Gasteiger partial charge in [0.15, 0.2) is 13.1 Å². The first-order valence-electron chi connectivity index (χ1n) is 8.33. The minimum Gasteiger partial charge on any atom is -0.497 e. The number of halogens is 1. The van der Waals surface area contributed by atoms with Crippen molar-refractivity contribution < 1.29 is 23.6 Å². The summed E-state index contributed by atoms with van der Waals surface area (Å²) in [5, 5.41) is 5.43. The molecule has 0 saturated carbocycles. The van der Waals surface area contributed by atoms with Crippen LogP contribution in [0.2, 0.25) is 0 Å². The Morgan fingerprint density at radius 3 is 2.15 bits per heavy atom. The van der Waals surface area contributed by atoms with Gasteiger partial charge in [-0.3, -0.25) is 9.59 Å². The Morgan fingerprint density at radius 1 is 1.00 bits per heavy atom. The van der Waals surface area contributed by atoms with E-state index in [4.69, 9.17) is 4.74 Å². The molecule has 1 atom stereocenters. The van der Waals surface area contributed by atoms with Crippen molar-refractivity contribution >= 4 is 23.2 Å². The highest BCUT2D eigenvalue weighted by molar-refractivity contribution is 5.93. The van der Waals surface area contributed by atoms with E-state index in [0.717, 1.165) is 4.90 Å². The topological polar surface area (TPSA) is 71.9 Å². The summed E-state index contributed by atoms with van der Waals surface area (Å²) in [6, 6.07) is 12.7. The summed E-state index contributed by atoms with van der Waals surface area (Å²) in [7, 11) is 1.57.